The molecule has 0 atom stereocenters. The maximum atomic E-state index is 12.3. The van der Waals surface area contributed by atoms with E-state index in [0.717, 1.165) is 26.2 Å². The molecule has 1 fully saturated rings. The van der Waals surface area contributed by atoms with Gasteiger partial charge in [0.25, 0.3) is 5.91 Å². The maximum Gasteiger partial charge on any atom is 0.259 e. The number of carbonyl (C=O) groups is 1. The Balaban J connectivity index is 0.00000144. The highest BCUT2D eigenvalue weighted by molar-refractivity contribution is 5.96. The molecule has 1 amide bonds. The fraction of sp³-hybridized carbons (Fsp3) is 0.636. The van der Waals surface area contributed by atoms with Gasteiger partial charge in [0.15, 0.2) is 0 Å². The summed E-state index contributed by atoms with van der Waals surface area (Å²) < 4.78 is 5.14. The summed E-state index contributed by atoms with van der Waals surface area (Å²) in [5.41, 5.74) is 1.35. The van der Waals surface area contributed by atoms with E-state index in [4.69, 9.17) is 4.52 Å². The Morgan fingerprint density at radius 1 is 1.47 bits per heavy atom. The van der Waals surface area contributed by atoms with Crippen LogP contribution >= 0.6 is 12.4 Å². The molecule has 0 saturated carbocycles. The second-order valence-electron chi connectivity index (χ2n) is 3.96. The predicted octanol–water partition coefficient (Wildman–Crippen LogP) is 1.01. The van der Waals surface area contributed by atoms with E-state index in [0.29, 0.717) is 23.4 Å². The van der Waals surface area contributed by atoms with Crippen LogP contribution in [0.5, 0.6) is 0 Å². The summed E-state index contributed by atoms with van der Waals surface area (Å²) in [7, 11) is 0. The minimum absolute atomic E-state index is 0. The average molecular weight is 260 g/mol. The molecule has 1 N–H and O–H groups in total. The topological polar surface area (TPSA) is 58.4 Å². The Labute approximate surface area is 107 Å². The molecular formula is C11H18ClN3O2. The van der Waals surface area contributed by atoms with Gasteiger partial charge in [-0.25, -0.2) is 0 Å². The maximum absolute atomic E-state index is 12.3. The van der Waals surface area contributed by atoms with Crippen molar-refractivity contribution in [2.24, 2.45) is 0 Å². The number of rotatable bonds is 2. The van der Waals surface area contributed by atoms with Gasteiger partial charge < -0.3 is 14.7 Å². The van der Waals surface area contributed by atoms with Gasteiger partial charge in [0.2, 0.25) is 0 Å². The van der Waals surface area contributed by atoms with Crippen LogP contribution in [-0.4, -0.2) is 42.1 Å². The van der Waals surface area contributed by atoms with Crippen molar-refractivity contribution in [1.29, 1.82) is 0 Å². The van der Waals surface area contributed by atoms with Crippen molar-refractivity contribution in [2.45, 2.75) is 20.3 Å². The Morgan fingerprint density at radius 3 is 2.71 bits per heavy atom. The fourth-order valence-electron chi connectivity index (χ4n) is 1.96. The Kier molecular flexibility index (Phi) is 4.96. The molecule has 0 radical (unpaired) electrons. The summed E-state index contributed by atoms with van der Waals surface area (Å²) in [6.07, 6.45) is 0.702. The van der Waals surface area contributed by atoms with Gasteiger partial charge in [-0.3, -0.25) is 4.79 Å². The zero-order chi connectivity index (χ0) is 11.5. The molecular weight excluding hydrogens is 242 g/mol. The summed E-state index contributed by atoms with van der Waals surface area (Å²) in [4.78, 5) is 14.1. The van der Waals surface area contributed by atoms with E-state index in [1.165, 1.54) is 0 Å². The average Bonchev–Trinajstić information content (AvgIpc) is 2.70. The predicted molar refractivity (Wildman–Crippen MR) is 66.6 cm³/mol. The monoisotopic (exact) mass is 259 g/mol. The molecule has 0 spiro atoms. The molecule has 2 rings (SSSR count). The molecule has 0 aliphatic carbocycles. The van der Waals surface area contributed by atoms with E-state index in [2.05, 4.69) is 10.5 Å². The molecule has 1 aliphatic rings. The quantitative estimate of drug-likeness (QED) is 0.861. The molecule has 1 aromatic heterocycles. The lowest BCUT2D eigenvalue weighted by Crippen LogP contribution is -2.46. The van der Waals surface area contributed by atoms with Gasteiger partial charge in [0, 0.05) is 32.6 Å². The number of nitrogens with zero attached hydrogens (tertiary/aromatic N) is 2. The molecule has 1 aliphatic heterocycles. The number of nitrogens with one attached hydrogen (secondary N) is 1. The van der Waals surface area contributed by atoms with E-state index in [9.17, 15) is 4.79 Å². The molecule has 5 nitrogen and oxygen atoms in total. The molecule has 1 aromatic rings. The van der Waals surface area contributed by atoms with Crippen LogP contribution in [0.4, 0.5) is 0 Å². The summed E-state index contributed by atoms with van der Waals surface area (Å²) in [5.74, 6) is 0.748. The van der Waals surface area contributed by atoms with Crippen LogP contribution in [0.3, 0.4) is 0 Å². The molecule has 96 valence electrons. The summed E-state index contributed by atoms with van der Waals surface area (Å²) in [6.45, 7) is 7.01. The first kappa shape index (κ1) is 14.0. The third-order valence-electron chi connectivity index (χ3n) is 2.87. The van der Waals surface area contributed by atoms with Gasteiger partial charge in [-0.1, -0.05) is 12.1 Å². The van der Waals surface area contributed by atoms with Crippen molar-refractivity contribution in [3.63, 3.8) is 0 Å². The zero-order valence-corrected chi connectivity index (χ0v) is 11.0. The summed E-state index contributed by atoms with van der Waals surface area (Å²) in [5, 5.41) is 7.09. The number of aromatic nitrogens is 1. The molecule has 2 heterocycles. The smallest absolute Gasteiger partial charge is 0.259 e. The van der Waals surface area contributed by atoms with Crippen LogP contribution < -0.4 is 5.32 Å². The van der Waals surface area contributed by atoms with Crippen molar-refractivity contribution in [3.8, 4) is 0 Å². The first-order valence-corrected chi connectivity index (χ1v) is 5.69. The van der Waals surface area contributed by atoms with E-state index in [-0.39, 0.29) is 18.3 Å². The van der Waals surface area contributed by atoms with Gasteiger partial charge >= 0.3 is 0 Å². The Bertz CT molecular complexity index is 386. The second-order valence-corrected chi connectivity index (χ2v) is 3.96. The van der Waals surface area contributed by atoms with E-state index >= 15 is 0 Å². The summed E-state index contributed by atoms with van der Waals surface area (Å²) >= 11 is 0. The number of halogens is 1. The van der Waals surface area contributed by atoms with Crippen LogP contribution in [0.25, 0.3) is 0 Å². The van der Waals surface area contributed by atoms with Gasteiger partial charge in [-0.2, -0.15) is 0 Å². The van der Waals surface area contributed by atoms with Crippen molar-refractivity contribution in [2.75, 3.05) is 26.2 Å². The normalized spacial score (nSPS) is 15.5. The van der Waals surface area contributed by atoms with Gasteiger partial charge in [0.1, 0.15) is 11.3 Å². The Morgan fingerprint density at radius 2 is 2.12 bits per heavy atom. The fourth-order valence-corrected chi connectivity index (χ4v) is 1.96. The highest BCUT2D eigenvalue weighted by Gasteiger charge is 2.25. The summed E-state index contributed by atoms with van der Waals surface area (Å²) in [6, 6.07) is 0. The lowest BCUT2D eigenvalue weighted by Gasteiger charge is -2.27. The standard InChI is InChI=1S/C11H17N3O2.ClH/c1-3-9-10(8(2)13-16-9)11(15)14-6-4-12-5-7-14;/h12H,3-7H2,1-2H3;1H. The third-order valence-corrected chi connectivity index (χ3v) is 2.87. The van der Waals surface area contributed by atoms with Crippen molar-refractivity contribution in [1.82, 2.24) is 15.4 Å². The molecule has 0 aromatic carbocycles. The largest absolute Gasteiger partial charge is 0.360 e. The minimum atomic E-state index is 0. The number of amides is 1. The first-order valence-electron chi connectivity index (χ1n) is 5.69. The number of hydrogen-bond acceptors (Lipinski definition) is 4. The number of piperazine rings is 1. The van der Waals surface area contributed by atoms with Crippen LogP contribution in [0, 0.1) is 6.92 Å². The third kappa shape index (κ3) is 2.79. The lowest BCUT2D eigenvalue weighted by atomic mass is 10.1. The SMILES string of the molecule is CCc1onc(C)c1C(=O)N1CCNCC1.Cl. The van der Waals surface area contributed by atoms with Gasteiger partial charge in [-0.05, 0) is 6.92 Å². The molecule has 1 saturated heterocycles. The second kappa shape index (κ2) is 6.02. The Hall–Kier alpha value is -1.07. The lowest BCUT2D eigenvalue weighted by molar-refractivity contribution is 0.0733. The van der Waals surface area contributed by atoms with Gasteiger partial charge in [0.05, 0.1) is 5.69 Å². The number of carbonyl (C=O) groups excluding carboxylic acids is 1. The van der Waals surface area contributed by atoms with E-state index in [1.54, 1.807) is 0 Å². The van der Waals surface area contributed by atoms with E-state index < -0.39 is 0 Å². The van der Waals surface area contributed by atoms with E-state index in [1.807, 2.05) is 18.7 Å². The van der Waals surface area contributed by atoms with Crippen LogP contribution in [0.2, 0.25) is 0 Å². The first-order chi connectivity index (χ1) is 7.74. The highest BCUT2D eigenvalue weighted by atomic mass is 35.5. The molecule has 6 heteroatoms. The van der Waals surface area contributed by atoms with Crippen LogP contribution in [-0.2, 0) is 6.42 Å². The van der Waals surface area contributed by atoms with Crippen molar-refractivity contribution < 1.29 is 9.32 Å². The minimum Gasteiger partial charge on any atom is -0.360 e. The van der Waals surface area contributed by atoms with Crippen LogP contribution in [0.15, 0.2) is 4.52 Å². The molecule has 0 bridgehead atoms. The van der Waals surface area contributed by atoms with Crippen molar-refractivity contribution >= 4 is 18.3 Å². The van der Waals surface area contributed by atoms with Gasteiger partial charge in [-0.15, -0.1) is 12.4 Å². The van der Waals surface area contributed by atoms with Crippen LogP contribution in [0.1, 0.15) is 28.7 Å². The highest BCUT2D eigenvalue weighted by Crippen LogP contribution is 2.16. The van der Waals surface area contributed by atoms with Crippen molar-refractivity contribution in [3.05, 3.63) is 17.0 Å². The zero-order valence-electron chi connectivity index (χ0n) is 10.2. The molecule has 17 heavy (non-hydrogen) atoms. The number of aryl methyl sites for hydroxylation is 2. The number of hydrogen-bond donors (Lipinski definition) is 1. The molecule has 0 unspecified atom stereocenters.